The van der Waals surface area contributed by atoms with Crippen LogP contribution in [0.2, 0.25) is 0 Å². The topological polar surface area (TPSA) is 243 Å². The largest absolute Gasteiger partial charge is 0.508 e. The summed E-state index contributed by atoms with van der Waals surface area (Å²) in [7, 11) is 9.75. The Morgan fingerprint density at radius 1 is 0.135 bits per heavy atom. The van der Waals surface area contributed by atoms with Crippen LogP contribution in [0.4, 0.5) is 0 Å². The van der Waals surface area contributed by atoms with Crippen LogP contribution in [0.25, 0.3) is 0 Å². The molecule has 0 aliphatic rings. The first-order valence-corrected chi connectivity index (χ1v) is 28.7. The number of hydrogen-bond donors (Lipinski definition) is 12. The number of rotatable bonds is 0. The van der Waals surface area contributed by atoms with E-state index in [1.165, 1.54) is 0 Å². The third-order valence-corrected chi connectivity index (χ3v) is 11.7. The predicted molar refractivity (Wildman–Crippen MR) is 375 cm³/mol. The van der Waals surface area contributed by atoms with Crippen molar-refractivity contribution in [2.24, 2.45) is 0 Å². The van der Waals surface area contributed by atoms with E-state index in [-0.39, 0.29) is 20.4 Å². The quantitative estimate of drug-likeness (QED) is 0.0501. The van der Waals surface area contributed by atoms with E-state index in [9.17, 15) is 0 Å². The van der Waals surface area contributed by atoms with E-state index in [2.05, 4.69) is 37.0 Å². The molecule has 0 amide bonds. The second-order valence-electron chi connectivity index (χ2n) is 16.9. The van der Waals surface area contributed by atoms with Gasteiger partial charge in [-0.25, -0.2) is 0 Å². The van der Waals surface area contributed by atoms with Gasteiger partial charge in [-0.15, -0.1) is 37.0 Å². The van der Waals surface area contributed by atoms with Gasteiger partial charge in [0.2, 0.25) is 0 Å². The zero-order chi connectivity index (χ0) is 64.8. The number of aromatic hydroxyl groups is 12. The Bertz CT molecular complexity index is 2820. The van der Waals surface area contributed by atoms with Gasteiger partial charge in [-0.3, -0.25) is 0 Å². The van der Waals surface area contributed by atoms with E-state index in [1.807, 2.05) is 97.1 Å². The molecule has 0 aliphatic heterocycles. The first-order chi connectivity index (χ1) is 42.4. The molecule has 4 unspecified atom stereocenters. The van der Waals surface area contributed by atoms with E-state index < -0.39 is 0 Å². The fourth-order valence-corrected chi connectivity index (χ4v) is 6.20. The summed E-state index contributed by atoms with van der Waals surface area (Å²) >= 11 is 0. The molecule has 12 nitrogen and oxygen atoms in total. The van der Waals surface area contributed by atoms with Crippen LogP contribution in [0, 0.1) is 0 Å². The van der Waals surface area contributed by atoms with Gasteiger partial charge < -0.3 is 61.3 Å². The van der Waals surface area contributed by atoms with Crippen molar-refractivity contribution in [2.75, 3.05) is 0 Å². The van der Waals surface area contributed by atoms with Gasteiger partial charge in [0.05, 0.1) is 0 Å². The molecule has 12 aromatic carbocycles. The SMILES string of the molecule is Oc1ccccc1.Oc1ccccc1.Oc1ccccc1.Oc1ccccc1.Oc1ccccc1.Oc1ccccc1.Oc1ccccc1.Oc1ccccc1.Oc1ccccc1P.Oc1ccccc1P.Oc1ccccc1P.Oc1ccccc1P.[Pd]. The van der Waals surface area contributed by atoms with Crippen LogP contribution in [0.15, 0.2) is 340 Å². The summed E-state index contributed by atoms with van der Waals surface area (Å²) in [5.41, 5.74) is 0. The molecule has 0 saturated carbocycles. The van der Waals surface area contributed by atoms with Crippen molar-refractivity contribution in [3.63, 3.8) is 0 Å². The molecule has 12 aromatic rings. The maximum absolute atomic E-state index is 8.90. The first-order valence-electron chi connectivity index (χ1n) is 26.4. The number of benzene rings is 12. The van der Waals surface area contributed by atoms with Crippen LogP contribution in [-0.4, -0.2) is 61.3 Å². The first kappa shape index (κ1) is 79.6. The molecule has 12 rings (SSSR count). The van der Waals surface area contributed by atoms with Gasteiger partial charge in [0, 0.05) is 41.6 Å². The molecular weight excluding hydrogens is 1290 g/mol. The van der Waals surface area contributed by atoms with Crippen LogP contribution in [0.3, 0.4) is 0 Å². The van der Waals surface area contributed by atoms with Gasteiger partial charge in [-0.2, -0.15) is 0 Å². The minimum atomic E-state index is 0. The van der Waals surface area contributed by atoms with Crippen molar-refractivity contribution < 1.29 is 81.7 Å². The molecule has 466 valence electrons. The van der Waals surface area contributed by atoms with Gasteiger partial charge >= 0.3 is 0 Å². The minimum absolute atomic E-state index is 0. The molecule has 0 saturated heterocycles. The van der Waals surface area contributed by atoms with E-state index >= 15 is 0 Å². The van der Waals surface area contributed by atoms with Crippen molar-refractivity contribution in [3.8, 4) is 69.0 Å². The average Bonchev–Trinajstić information content (AvgIpc) is 3.55. The van der Waals surface area contributed by atoms with Crippen LogP contribution >= 0.6 is 37.0 Å². The van der Waals surface area contributed by atoms with E-state index in [0.717, 1.165) is 21.2 Å². The number of hydrogen-bond acceptors (Lipinski definition) is 12. The molecule has 0 aromatic heterocycles. The zero-order valence-electron chi connectivity index (χ0n) is 48.3. The fourth-order valence-electron chi connectivity index (χ4n) is 5.37. The molecule has 0 spiro atoms. The molecule has 12 N–H and O–H groups in total. The third kappa shape index (κ3) is 47.5. The van der Waals surface area contributed by atoms with Crippen LogP contribution in [0.5, 0.6) is 69.0 Å². The monoisotopic (exact) mass is 1360 g/mol. The summed E-state index contributed by atoms with van der Waals surface area (Å²) in [6.45, 7) is 0. The van der Waals surface area contributed by atoms with Crippen LogP contribution in [-0.2, 0) is 20.4 Å². The van der Waals surface area contributed by atoms with E-state index in [1.54, 1.807) is 243 Å². The van der Waals surface area contributed by atoms with Crippen molar-refractivity contribution in [3.05, 3.63) is 340 Å². The van der Waals surface area contributed by atoms with Gasteiger partial charge in [0.25, 0.3) is 0 Å². The maximum atomic E-state index is 8.90. The van der Waals surface area contributed by atoms with Crippen molar-refractivity contribution in [1.29, 1.82) is 0 Å². The Morgan fingerprint density at radius 2 is 0.225 bits per heavy atom. The van der Waals surface area contributed by atoms with Crippen molar-refractivity contribution in [1.82, 2.24) is 0 Å². The molecular formula is C72H76O12P4Pd. The van der Waals surface area contributed by atoms with Gasteiger partial charge in [-0.05, 0) is 121 Å². The Labute approximate surface area is 545 Å². The van der Waals surface area contributed by atoms with Crippen molar-refractivity contribution in [2.45, 2.75) is 0 Å². The Morgan fingerprint density at radius 3 is 0.281 bits per heavy atom. The Hall–Kier alpha value is -9.38. The number of phenols is 12. The molecule has 89 heavy (non-hydrogen) atoms. The minimum Gasteiger partial charge on any atom is -0.508 e. The maximum Gasteiger partial charge on any atom is 0.122 e. The second kappa shape index (κ2) is 52.9. The molecule has 0 heterocycles. The smallest absolute Gasteiger partial charge is 0.122 e. The molecule has 0 radical (unpaired) electrons. The average molecular weight is 1360 g/mol. The summed E-state index contributed by atoms with van der Waals surface area (Å²) in [6, 6.07) is 98.3. The second-order valence-corrected chi connectivity index (χ2v) is 19.4. The third-order valence-electron chi connectivity index (χ3n) is 9.80. The Kier molecular flexibility index (Phi) is 47.3. The Balaban J connectivity index is 0.000000949. The number of para-hydroxylation sites is 12. The predicted octanol–water partition coefficient (Wildman–Crippen LogP) is 14.7. The summed E-state index contributed by atoms with van der Waals surface area (Å²) in [4.78, 5) is 0. The summed E-state index contributed by atoms with van der Waals surface area (Å²) in [5, 5.41) is 108. The molecule has 0 aliphatic carbocycles. The molecule has 17 heteroatoms. The van der Waals surface area contributed by atoms with Gasteiger partial charge in [-0.1, -0.05) is 218 Å². The normalized spacial score (nSPS) is 8.67. The van der Waals surface area contributed by atoms with Crippen molar-refractivity contribution >= 4 is 58.2 Å². The van der Waals surface area contributed by atoms with E-state index in [4.69, 9.17) is 61.3 Å². The van der Waals surface area contributed by atoms with Crippen LogP contribution < -0.4 is 21.2 Å². The molecule has 0 fully saturated rings. The van der Waals surface area contributed by atoms with E-state index in [0.29, 0.717) is 69.0 Å². The zero-order valence-corrected chi connectivity index (χ0v) is 54.5. The summed E-state index contributed by atoms with van der Waals surface area (Å²) < 4.78 is 0. The van der Waals surface area contributed by atoms with Gasteiger partial charge in [0.15, 0.2) is 0 Å². The molecule has 4 atom stereocenters. The van der Waals surface area contributed by atoms with Crippen LogP contribution in [0.1, 0.15) is 0 Å². The number of phenolic OH excluding ortho intramolecular Hbond substituents is 12. The fraction of sp³-hybridized carbons (Fsp3) is 0. The standard InChI is InChI=1S/4C6H7OP.8C6H6O.Pd/c4*7-5-3-1-2-4-6(5)8;8*7-6-4-2-1-3-5-6;/h4*1-4,7H,8H2;8*1-5,7H;. The molecule has 0 bridgehead atoms. The van der Waals surface area contributed by atoms with Gasteiger partial charge in [0.1, 0.15) is 69.0 Å². The summed E-state index contributed by atoms with van der Waals surface area (Å²) in [5.74, 6) is 3.90. The summed E-state index contributed by atoms with van der Waals surface area (Å²) in [6.07, 6.45) is 0.